The fraction of sp³-hybridized carbons (Fsp3) is 0.727. The van der Waals surface area contributed by atoms with Gasteiger partial charge < -0.3 is 15.4 Å². The van der Waals surface area contributed by atoms with Crippen LogP contribution in [0.4, 0.5) is 11.5 Å². The van der Waals surface area contributed by atoms with Gasteiger partial charge >= 0.3 is 0 Å². The minimum absolute atomic E-state index is 0.597. The molecule has 1 aromatic rings. The zero-order chi connectivity index (χ0) is 11.5. The van der Waals surface area contributed by atoms with Crippen LogP contribution in [0.3, 0.4) is 0 Å². The molecule has 0 spiro atoms. The van der Waals surface area contributed by atoms with Gasteiger partial charge in [0.25, 0.3) is 0 Å². The molecule has 1 aliphatic rings. The minimum atomic E-state index is 0.597. The third-order valence-corrected chi connectivity index (χ3v) is 2.98. The molecule has 1 aliphatic heterocycles. The number of nitrogens with zero attached hydrogens (tertiary/aromatic N) is 3. The molecule has 90 valence electrons. The molecule has 16 heavy (non-hydrogen) atoms. The van der Waals surface area contributed by atoms with Gasteiger partial charge in [0.1, 0.15) is 0 Å². The number of nitrogen functional groups attached to an aromatic ring is 1. The van der Waals surface area contributed by atoms with Gasteiger partial charge in [0.15, 0.2) is 5.82 Å². The first-order valence-electron chi connectivity index (χ1n) is 5.75. The highest BCUT2D eigenvalue weighted by molar-refractivity contribution is 5.61. The first-order valence-corrected chi connectivity index (χ1v) is 5.75. The summed E-state index contributed by atoms with van der Waals surface area (Å²) in [5.74, 6) is 1.47. The predicted octanol–water partition coefficient (Wildman–Crippen LogP) is 0.865. The number of anilines is 2. The second-order valence-corrected chi connectivity index (χ2v) is 4.55. The average Bonchev–Trinajstić information content (AvgIpc) is 2.59. The topological polar surface area (TPSA) is 56.3 Å². The molecule has 5 nitrogen and oxygen atoms in total. The molecule has 0 saturated carbocycles. The van der Waals surface area contributed by atoms with Crippen molar-refractivity contribution in [1.29, 1.82) is 0 Å². The molecule has 1 aromatic heterocycles. The van der Waals surface area contributed by atoms with Crippen molar-refractivity contribution in [2.45, 2.75) is 12.8 Å². The number of aromatic nitrogens is 2. The summed E-state index contributed by atoms with van der Waals surface area (Å²) >= 11 is 0. The molecule has 0 radical (unpaired) electrons. The van der Waals surface area contributed by atoms with E-state index in [2.05, 4.69) is 10.00 Å². The molecular formula is C11H20N4O. The fourth-order valence-corrected chi connectivity index (χ4v) is 2.22. The first kappa shape index (κ1) is 11.3. The highest BCUT2D eigenvalue weighted by Crippen LogP contribution is 2.22. The van der Waals surface area contributed by atoms with E-state index >= 15 is 0 Å². The number of hydrogen-bond acceptors (Lipinski definition) is 4. The zero-order valence-corrected chi connectivity index (χ0v) is 10.0. The Kier molecular flexibility index (Phi) is 3.33. The zero-order valence-electron chi connectivity index (χ0n) is 10.0. The van der Waals surface area contributed by atoms with Gasteiger partial charge in [-0.15, -0.1) is 0 Å². The molecule has 1 saturated heterocycles. The van der Waals surface area contributed by atoms with Crippen molar-refractivity contribution < 1.29 is 4.74 Å². The van der Waals surface area contributed by atoms with Crippen LogP contribution in [0.25, 0.3) is 0 Å². The van der Waals surface area contributed by atoms with Crippen LogP contribution in [0.1, 0.15) is 12.8 Å². The molecule has 5 heteroatoms. The maximum atomic E-state index is 5.89. The Morgan fingerprint density at radius 3 is 3.06 bits per heavy atom. The summed E-state index contributed by atoms with van der Waals surface area (Å²) in [6.45, 7) is 2.73. The number of ether oxygens (including phenoxy) is 1. The van der Waals surface area contributed by atoms with Crippen LogP contribution in [0, 0.1) is 5.92 Å². The summed E-state index contributed by atoms with van der Waals surface area (Å²) in [4.78, 5) is 2.12. The Labute approximate surface area is 96.2 Å². The standard InChI is InChI=1S/C11H20N4O/c1-14(6-9-4-3-5-16-8-9)11-10(12)7-15(2)13-11/h7,9H,3-6,8,12H2,1-2H3. The van der Waals surface area contributed by atoms with E-state index in [1.54, 1.807) is 4.68 Å². The maximum Gasteiger partial charge on any atom is 0.173 e. The average molecular weight is 224 g/mol. The number of hydrogen-bond donors (Lipinski definition) is 1. The van der Waals surface area contributed by atoms with Crippen molar-refractivity contribution >= 4 is 11.5 Å². The van der Waals surface area contributed by atoms with Gasteiger partial charge in [-0.05, 0) is 18.8 Å². The molecule has 2 rings (SSSR count). The van der Waals surface area contributed by atoms with Crippen molar-refractivity contribution in [3.63, 3.8) is 0 Å². The summed E-state index contributed by atoms with van der Waals surface area (Å²) in [6, 6.07) is 0. The third kappa shape index (κ3) is 2.47. The second kappa shape index (κ2) is 4.74. The summed E-state index contributed by atoms with van der Waals surface area (Å²) in [6.07, 6.45) is 4.23. The summed E-state index contributed by atoms with van der Waals surface area (Å²) in [5.41, 5.74) is 6.63. The lowest BCUT2D eigenvalue weighted by Crippen LogP contribution is -2.31. The van der Waals surface area contributed by atoms with E-state index in [1.807, 2.05) is 20.3 Å². The van der Waals surface area contributed by atoms with Crippen molar-refractivity contribution in [3.05, 3.63) is 6.20 Å². The molecule has 0 amide bonds. The Hall–Kier alpha value is -1.23. The van der Waals surface area contributed by atoms with E-state index in [1.165, 1.54) is 6.42 Å². The van der Waals surface area contributed by atoms with Gasteiger partial charge in [-0.25, -0.2) is 0 Å². The van der Waals surface area contributed by atoms with Crippen LogP contribution < -0.4 is 10.6 Å². The van der Waals surface area contributed by atoms with E-state index in [0.717, 1.165) is 37.7 Å². The van der Waals surface area contributed by atoms with E-state index in [9.17, 15) is 0 Å². The lowest BCUT2D eigenvalue weighted by atomic mass is 10.0. The van der Waals surface area contributed by atoms with E-state index in [0.29, 0.717) is 5.92 Å². The van der Waals surface area contributed by atoms with E-state index in [-0.39, 0.29) is 0 Å². The summed E-state index contributed by atoms with van der Waals surface area (Å²) in [5, 5.41) is 4.35. The molecular weight excluding hydrogens is 204 g/mol. The Morgan fingerprint density at radius 1 is 1.69 bits per heavy atom. The number of rotatable bonds is 3. The number of aryl methyl sites for hydroxylation is 1. The van der Waals surface area contributed by atoms with Crippen LogP contribution in [-0.2, 0) is 11.8 Å². The molecule has 1 atom stereocenters. The van der Waals surface area contributed by atoms with Crippen LogP contribution in [0.5, 0.6) is 0 Å². The van der Waals surface area contributed by atoms with Gasteiger partial charge in [0, 0.05) is 33.4 Å². The van der Waals surface area contributed by atoms with E-state index in [4.69, 9.17) is 10.5 Å². The van der Waals surface area contributed by atoms with Gasteiger partial charge in [0.2, 0.25) is 0 Å². The van der Waals surface area contributed by atoms with Crippen molar-refractivity contribution in [3.8, 4) is 0 Å². The highest BCUT2D eigenvalue weighted by Gasteiger charge is 2.18. The van der Waals surface area contributed by atoms with Gasteiger partial charge in [0.05, 0.1) is 12.3 Å². The second-order valence-electron chi connectivity index (χ2n) is 4.55. The molecule has 1 fully saturated rings. The Balaban J connectivity index is 1.96. The Morgan fingerprint density at radius 2 is 2.50 bits per heavy atom. The number of nitrogens with two attached hydrogens (primary N) is 1. The normalized spacial score (nSPS) is 21.0. The largest absolute Gasteiger partial charge is 0.394 e. The molecule has 0 bridgehead atoms. The lowest BCUT2D eigenvalue weighted by Gasteiger charge is -2.27. The Bertz CT molecular complexity index is 344. The third-order valence-electron chi connectivity index (χ3n) is 2.98. The summed E-state index contributed by atoms with van der Waals surface area (Å²) < 4.78 is 7.22. The van der Waals surface area contributed by atoms with Gasteiger partial charge in [-0.2, -0.15) is 5.10 Å². The predicted molar refractivity (Wildman–Crippen MR) is 64.4 cm³/mol. The quantitative estimate of drug-likeness (QED) is 0.827. The summed E-state index contributed by atoms with van der Waals surface area (Å²) in [7, 11) is 3.92. The van der Waals surface area contributed by atoms with Gasteiger partial charge in [-0.3, -0.25) is 4.68 Å². The van der Waals surface area contributed by atoms with Crippen molar-refractivity contribution in [2.75, 3.05) is 37.4 Å². The first-order chi connectivity index (χ1) is 7.66. The smallest absolute Gasteiger partial charge is 0.173 e. The fourth-order valence-electron chi connectivity index (χ4n) is 2.22. The monoisotopic (exact) mass is 224 g/mol. The lowest BCUT2D eigenvalue weighted by molar-refractivity contribution is 0.0576. The maximum absolute atomic E-state index is 5.89. The van der Waals surface area contributed by atoms with Crippen molar-refractivity contribution in [2.24, 2.45) is 13.0 Å². The van der Waals surface area contributed by atoms with Gasteiger partial charge in [-0.1, -0.05) is 0 Å². The van der Waals surface area contributed by atoms with Crippen LogP contribution in [-0.4, -0.2) is 36.6 Å². The van der Waals surface area contributed by atoms with Crippen LogP contribution >= 0.6 is 0 Å². The SMILES string of the molecule is CN(CC1CCCOC1)c1nn(C)cc1N. The highest BCUT2D eigenvalue weighted by atomic mass is 16.5. The molecule has 0 aromatic carbocycles. The van der Waals surface area contributed by atoms with Crippen LogP contribution in [0.15, 0.2) is 6.20 Å². The molecule has 2 heterocycles. The molecule has 2 N–H and O–H groups in total. The van der Waals surface area contributed by atoms with Crippen LogP contribution in [0.2, 0.25) is 0 Å². The van der Waals surface area contributed by atoms with Crippen molar-refractivity contribution in [1.82, 2.24) is 9.78 Å². The molecule has 1 unspecified atom stereocenters. The molecule has 0 aliphatic carbocycles. The minimum Gasteiger partial charge on any atom is -0.394 e. The van der Waals surface area contributed by atoms with E-state index < -0.39 is 0 Å².